The van der Waals surface area contributed by atoms with Crippen LogP contribution in [0, 0.1) is 22.2 Å². The second kappa shape index (κ2) is 5.54. The number of rotatable bonds is 4. The van der Waals surface area contributed by atoms with E-state index in [1.54, 1.807) is 6.08 Å². The number of carbonyl (C=O) groups is 1. The van der Waals surface area contributed by atoms with E-state index in [-0.39, 0.29) is 33.4 Å². The van der Waals surface area contributed by atoms with Crippen LogP contribution >= 0.6 is 23.2 Å². The maximum Gasteiger partial charge on any atom is 0.315 e. The molecular weight excluding hydrogens is 301 g/mol. The Kier molecular flexibility index (Phi) is 4.16. The molecular formula is C14H13Cl2NO3. The van der Waals surface area contributed by atoms with Gasteiger partial charge >= 0.3 is 5.97 Å². The Bertz CT molecular complexity index is 562. The smallest absolute Gasteiger partial charge is 0.315 e. The molecule has 0 bridgehead atoms. The summed E-state index contributed by atoms with van der Waals surface area (Å²) in [4.78, 5) is 22.4. The molecule has 0 unspecified atom stereocenters. The van der Waals surface area contributed by atoms with Crippen LogP contribution in [0.5, 0.6) is 5.75 Å². The van der Waals surface area contributed by atoms with E-state index in [9.17, 15) is 9.70 Å². The van der Waals surface area contributed by atoms with Crippen molar-refractivity contribution in [1.29, 1.82) is 0 Å². The van der Waals surface area contributed by atoms with Gasteiger partial charge in [0.25, 0.3) is 0 Å². The lowest BCUT2D eigenvalue weighted by Gasteiger charge is -2.04. The summed E-state index contributed by atoms with van der Waals surface area (Å²) in [5.41, 5.74) is 0.0578. The van der Waals surface area contributed by atoms with Gasteiger partial charge in [-0.25, -0.2) is 0 Å². The Morgan fingerprint density at radius 1 is 1.30 bits per heavy atom. The molecule has 4 nitrogen and oxygen atoms in total. The third-order valence-corrected chi connectivity index (χ3v) is 3.88. The van der Waals surface area contributed by atoms with Gasteiger partial charge in [0.05, 0.1) is 5.92 Å². The molecule has 0 saturated heterocycles. The molecule has 1 aliphatic rings. The maximum absolute atomic E-state index is 12.1. The van der Waals surface area contributed by atoms with Crippen LogP contribution in [0.3, 0.4) is 0 Å². The van der Waals surface area contributed by atoms with E-state index < -0.39 is 0 Å². The van der Waals surface area contributed by atoms with Gasteiger partial charge in [0.2, 0.25) is 0 Å². The second-order valence-electron chi connectivity index (χ2n) is 5.29. The zero-order valence-corrected chi connectivity index (χ0v) is 12.5. The molecule has 1 fully saturated rings. The predicted octanol–water partition coefficient (Wildman–Crippen LogP) is 4.58. The summed E-state index contributed by atoms with van der Waals surface area (Å²) in [5, 5.41) is 2.78. The van der Waals surface area contributed by atoms with Crippen LogP contribution in [-0.4, -0.2) is 5.97 Å². The van der Waals surface area contributed by atoms with Gasteiger partial charge in [-0.2, -0.15) is 0 Å². The first-order valence-corrected chi connectivity index (χ1v) is 6.80. The number of hydrogen-bond acceptors (Lipinski definition) is 4. The molecule has 0 spiro atoms. The molecule has 1 saturated carbocycles. The summed E-state index contributed by atoms with van der Waals surface area (Å²) in [7, 11) is 0. The molecule has 1 aliphatic carbocycles. The number of hydrogen-bond donors (Lipinski definition) is 0. The van der Waals surface area contributed by atoms with Gasteiger partial charge in [-0.15, -0.1) is 4.91 Å². The number of nitrogens with zero attached hydrogens (tertiary/aromatic N) is 1. The zero-order valence-electron chi connectivity index (χ0n) is 11.0. The molecule has 1 aromatic rings. The number of carbonyl (C=O) groups excluding carboxylic acids is 1. The Balaban J connectivity index is 2.05. The highest BCUT2D eigenvalue weighted by Gasteiger charge is 2.61. The molecule has 2 rings (SSSR count). The van der Waals surface area contributed by atoms with Crippen molar-refractivity contribution >= 4 is 34.9 Å². The molecule has 0 N–H and O–H groups in total. The van der Waals surface area contributed by atoms with Gasteiger partial charge < -0.3 is 4.74 Å². The quantitative estimate of drug-likeness (QED) is 0.464. The first kappa shape index (κ1) is 15.0. The Morgan fingerprint density at radius 2 is 1.90 bits per heavy atom. The van der Waals surface area contributed by atoms with Crippen molar-refractivity contribution in [3.8, 4) is 5.75 Å². The van der Waals surface area contributed by atoms with Gasteiger partial charge in [-0.1, -0.05) is 37.0 Å². The van der Waals surface area contributed by atoms with Crippen LogP contribution in [0.15, 0.2) is 40.0 Å². The van der Waals surface area contributed by atoms with Gasteiger partial charge in [-0.05, 0) is 46.9 Å². The van der Waals surface area contributed by atoms with E-state index >= 15 is 0 Å². The molecule has 106 valence electrons. The third kappa shape index (κ3) is 3.02. The predicted molar refractivity (Wildman–Crippen MR) is 78.1 cm³/mol. The van der Waals surface area contributed by atoms with E-state index in [0.717, 1.165) is 0 Å². The number of esters is 1. The molecule has 0 heterocycles. The maximum atomic E-state index is 12.1. The molecule has 0 radical (unpaired) electrons. The lowest BCUT2D eigenvalue weighted by molar-refractivity contribution is -0.136. The summed E-state index contributed by atoms with van der Waals surface area (Å²) in [6, 6.07) is 6.04. The molecule has 0 aliphatic heterocycles. The minimum atomic E-state index is -0.336. The van der Waals surface area contributed by atoms with E-state index in [1.165, 1.54) is 24.3 Å². The number of benzene rings is 1. The topological polar surface area (TPSA) is 55.7 Å². The summed E-state index contributed by atoms with van der Waals surface area (Å²) < 4.78 is 5.44. The average molecular weight is 314 g/mol. The Labute approximate surface area is 126 Å². The lowest BCUT2D eigenvalue weighted by Crippen LogP contribution is -2.13. The highest BCUT2D eigenvalue weighted by Crippen LogP contribution is 2.60. The third-order valence-electron chi connectivity index (χ3n) is 3.63. The van der Waals surface area contributed by atoms with Crippen molar-refractivity contribution in [3.63, 3.8) is 0 Å². The number of halogens is 2. The van der Waals surface area contributed by atoms with Gasteiger partial charge in [-0.3, -0.25) is 4.79 Å². The first-order chi connectivity index (χ1) is 9.36. The zero-order chi connectivity index (χ0) is 14.9. The number of allylic oxidation sites excluding steroid dienone is 1. The van der Waals surface area contributed by atoms with Crippen LogP contribution < -0.4 is 4.74 Å². The highest BCUT2D eigenvalue weighted by molar-refractivity contribution is 6.55. The summed E-state index contributed by atoms with van der Waals surface area (Å²) in [6.45, 7) is 3.91. The fourth-order valence-corrected chi connectivity index (χ4v) is 2.60. The normalized spacial score (nSPS) is 22.8. The standard InChI is InChI=1S/C14H13Cl2NO3/c1-14(2)10(7-11(15)16)12(14)13(18)20-9-5-3-8(17-19)4-6-9/h3-7,10,12H,1-2H3/t10-,12+/m1/s1. The molecule has 6 heteroatoms. The van der Waals surface area contributed by atoms with Crippen LogP contribution in [-0.2, 0) is 4.79 Å². The van der Waals surface area contributed by atoms with E-state index in [1.807, 2.05) is 13.8 Å². The van der Waals surface area contributed by atoms with Gasteiger partial charge in [0.1, 0.15) is 15.9 Å². The summed E-state index contributed by atoms with van der Waals surface area (Å²) in [5.74, 6) is -0.266. The molecule has 0 aromatic heterocycles. The fraction of sp³-hybridized carbons (Fsp3) is 0.357. The van der Waals surface area contributed by atoms with Crippen LogP contribution in [0.25, 0.3) is 0 Å². The van der Waals surface area contributed by atoms with E-state index in [0.29, 0.717) is 5.75 Å². The van der Waals surface area contributed by atoms with Crippen molar-refractivity contribution in [3.05, 3.63) is 39.7 Å². The van der Waals surface area contributed by atoms with Gasteiger partial charge in [0, 0.05) is 0 Å². The minimum absolute atomic E-state index is 0.0316. The Morgan fingerprint density at radius 3 is 2.40 bits per heavy atom. The lowest BCUT2D eigenvalue weighted by atomic mass is 10.1. The average Bonchev–Trinajstić information content (AvgIpc) is 2.91. The second-order valence-corrected chi connectivity index (χ2v) is 6.30. The van der Waals surface area contributed by atoms with Gasteiger partial charge in [0.15, 0.2) is 0 Å². The first-order valence-electron chi connectivity index (χ1n) is 6.04. The van der Waals surface area contributed by atoms with Crippen LogP contribution in [0.1, 0.15) is 13.8 Å². The summed E-state index contributed by atoms with van der Waals surface area (Å²) >= 11 is 11.3. The van der Waals surface area contributed by atoms with Crippen molar-refractivity contribution in [1.82, 2.24) is 0 Å². The van der Waals surface area contributed by atoms with Crippen molar-refractivity contribution in [2.24, 2.45) is 22.4 Å². The van der Waals surface area contributed by atoms with Crippen molar-refractivity contribution in [2.45, 2.75) is 13.8 Å². The summed E-state index contributed by atoms with van der Waals surface area (Å²) in [6.07, 6.45) is 1.66. The largest absolute Gasteiger partial charge is 0.426 e. The van der Waals surface area contributed by atoms with Crippen molar-refractivity contribution < 1.29 is 9.53 Å². The van der Waals surface area contributed by atoms with E-state index in [2.05, 4.69) is 5.18 Å². The fourth-order valence-electron chi connectivity index (χ4n) is 2.33. The van der Waals surface area contributed by atoms with Crippen LogP contribution in [0.2, 0.25) is 0 Å². The highest BCUT2D eigenvalue weighted by atomic mass is 35.5. The molecule has 20 heavy (non-hydrogen) atoms. The Hall–Kier alpha value is -1.39. The minimum Gasteiger partial charge on any atom is -0.426 e. The van der Waals surface area contributed by atoms with Crippen molar-refractivity contribution in [2.75, 3.05) is 0 Å². The number of nitroso groups, excluding NO2 is 1. The molecule has 1 aromatic carbocycles. The van der Waals surface area contributed by atoms with Crippen LogP contribution in [0.4, 0.5) is 5.69 Å². The SMILES string of the molecule is CC1(C)[C@H](C=C(Cl)Cl)[C@H]1C(=O)Oc1ccc(N=O)cc1. The molecule has 2 atom stereocenters. The molecule has 0 amide bonds. The number of ether oxygens (including phenoxy) is 1. The van der Waals surface area contributed by atoms with E-state index in [4.69, 9.17) is 27.9 Å². The monoisotopic (exact) mass is 313 g/mol.